The van der Waals surface area contributed by atoms with Crippen molar-refractivity contribution >= 4 is 27.8 Å². The summed E-state index contributed by atoms with van der Waals surface area (Å²) in [4.78, 5) is 22.8. The molecule has 1 rings (SSSR count). The molecule has 0 saturated heterocycles. The Labute approximate surface area is 127 Å². The molecule has 1 amide bonds. The van der Waals surface area contributed by atoms with Gasteiger partial charge in [0.05, 0.1) is 0 Å². The van der Waals surface area contributed by atoms with Crippen LogP contribution in [-0.4, -0.2) is 23.0 Å². The molecule has 0 radical (unpaired) electrons. The summed E-state index contributed by atoms with van der Waals surface area (Å²) < 4.78 is 0.955. The van der Waals surface area contributed by atoms with Crippen molar-refractivity contribution in [3.05, 3.63) is 46.5 Å². The lowest BCUT2D eigenvalue weighted by Gasteiger charge is -2.12. The summed E-state index contributed by atoms with van der Waals surface area (Å²) in [6.45, 7) is 1.81. The number of carbonyl (C=O) groups is 2. The van der Waals surface area contributed by atoms with E-state index in [1.807, 2.05) is 31.2 Å². The molecule has 1 atom stereocenters. The molecule has 4 nitrogen and oxygen atoms in total. The third kappa shape index (κ3) is 5.57. The van der Waals surface area contributed by atoms with Gasteiger partial charge < -0.3 is 10.4 Å². The standard InChI is InChI=1S/C15H18BrNO3/c1-2-3-8-13(15(19)20)17-14(18)10-9-11-6-4-5-7-12(11)16/h2-7,13H,8-10H2,1H3,(H,17,18)(H,19,20)/b3-2+. The number of carbonyl (C=O) groups excluding carboxylic acids is 1. The maximum absolute atomic E-state index is 11.8. The molecular weight excluding hydrogens is 322 g/mol. The summed E-state index contributed by atoms with van der Waals surface area (Å²) in [6, 6.07) is 6.80. The van der Waals surface area contributed by atoms with Gasteiger partial charge in [0.25, 0.3) is 0 Å². The Hall–Kier alpha value is -1.62. The molecular formula is C15H18BrNO3. The van der Waals surface area contributed by atoms with Crippen LogP contribution in [0.1, 0.15) is 25.3 Å². The van der Waals surface area contributed by atoms with Crippen LogP contribution >= 0.6 is 15.9 Å². The molecule has 0 aliphatic rings. The molecule has 0 bridgehead atoms. The summed E-state index contributed by atoms with van der Waals surface area (Å²) in [5.41, 5.74) is 1.03. The zero-order chi connectivity index (χ0) is 15.0. The largest absolute Gasteiger partial charge is 0.480 e. The van der Waals surface area contributed by atoms with Crippen molar-refractivity contribution in [3.63, 3.8) is 0 Å². The van der Waals surface area contributed by atoms with Gasteiger partial charge in [0, 0.05) is 10.9 Å². The Morgan fingerprint density at radius 2 is 2.10 bits per heavy atom. The Morgan fingerprint density at radius 1 is 1.40 bits per heavy atom. The van der Waals surface area contributed by atoms with E-state index in [-0.39, 0.29) is 12.3 Å². The molecule has 0 fully saturated rings. The minimum atomic E-state index is -1.02. The van der Waals surface area contributed by atoms with E-state index in [0.717, 1.165) is 10.0 Å². The first-order valence-electron chi connectivity index (χ1n) is 6.41. The second kappa shape index (κ2) is 8.53. The fourth-order valence-electron chi connectivity index (χ4n) is 1.71. The third-order valence-corrected chi connectivity index (χ3v) is 3.59. The lowest BCUT2D eigenvalue weighted by Crippen LogP contribution is -2.40. The summed E-state index contributed by atoms with van der Waals surface area (Å²) in [5, 5.41) is 11.6. The predicted octanol–water partition coefficient (Wildman–Crippen LogP) is 2.92. The number of carboxylic acids is 1. The van der Waals surface area contributed by atoms with Crippen LogP contribution < -0.4 is 5.32 Å². The van der Waals surface area contributed by atoms with Crippen molar-refractivity contribution in [2.24, 2.45) is 0 Å². The van der Waals surface area contributed by atoms with Gasteiger partial charge in [-0.1, -0.05) is 46.3 Å². The number of rotatable bonds is 7. The lowest BCUT2D eigenvalue weighted by molar-refractivity contribution is -0.141. The molecule has 0 saturated carbocycles. The van der Waals surface area contributed by atoms with Gasteiger partial charge in [-0.05, 0) is 31.4 Å². The Balaban J connectivity index is 2.50. The van der Waals surface area contributed by atoms with Crippen LogP contribution in [0.5, 0.6) is 0 Å². The second-order valence-electron chi connectivity index (χ2n) is 4.35. The third-order valence-electron chi connectivity index (χ3n) is 2.82. The van der Waals surface area contributed by atoms with Crippen LogP contribution in [0.2, 0.25) is 0 Å². The number of halogens is 1. The number of hydrogen-bond donors (Lipinski definition) is 2. The number of allylic oxidation sites excluding steroid dienone is 1. The fraction of sp³-hybridized carbons (Fsp3) is 0.333. The van der Waals surface area contributed by atoms with E-state index in [1.165, 1.54) is 0 Å². The molecule has 1 aromatic carbocycles. The fourth-order valence-corrected chi connectivity index (χ4v) is 2.19. The van der Waals surface area contributed by atoms with Crippen LogP contribution in [0.3, 0.4) is 0 Å². The van der Waals surface area contributed by atoms with Crippen molar-refractivity contribution in [1.29, 1.82) is 0 Å². The topological polar surface area (TPSA) is 66.4 Å². The molecule has 0 aliphatic carbocycles. The molecule has 0 heterocycles. The van der Waals surface area contributed by atoms with Crippen LogP contribution in [-0.2, 0) is 16.0 Å². The molecule has 1 aromatic rings. The normalized spacial score (nSPS) is 12.3. The monoisotopic (exact) mass is 339 g/mol. The van der Waals surface area contributed by atoms with Crippen molar-refractivity contribution in [3.8, 4) is 0 Å². The molecule has 0 aliphatic heterocycles. The molecule has 2 N–H and O–H groups in total. The first-order valence-corrected chi connectivity index (χ1v) is 7.20. The summed E-state index contributed by atoms with van der Waals surface area (Å²) in [7, 11) is 0. The minimum absolute atomic E-state index is 0.252. The van der Waals surface area contributed by atoms with Gasteiger partial charge >= 0.3 is 5.97 Å². The number of aliphatic carboxylic acids is 1. The number of carboxylic acid groups (broad SMARTS) is 1. The average molecular weight is 340 g/mol. The van der Waals surface area contributed by atoms with Gasteiger partial charge in [-0.15, -0.1) is 0 Å². The summed E-state index contributed by atoms with van der Waals surface area (Å²) >= 11 is 3.42. The smallest absolute Gasteiger partial charge is 0.326 e. The number of hydrogen-bond acceptors (Lipinski definition) is 2. The maximum Gasteiger partial charge on any atom is 0.326 e. The Morgan fingerprint density at radius 3 is 2.70 bits per heavy atom. The van der Waals surface area contributed by atoms with Gasteiger partial charge in [-0.25, -0.2) is 4.79 Å². The van der Waals surface area contributed by atoms with Crippen LogP contribution in [0.15, 0.2) is 40.9 Å². The number of benzene rings is 1. The highest BCUT2D eigenvalue weighted by atomic mass is 79.9. The number of aryl methyl sites for hydroxylation is 1. The molecule has 20 heavy (non-hydrogen) atoms. The van der Waals surface area contributed by atoms with E-state index in [9.17, 15) is 9.59 Å². The summed E-state index contributed by atoms with van der Waals surface area (Å²) in [6.07, 6.45) is 4.63. The molecule has 5 heteroatoms. The van der Waals surface area contributed by atoms with E-state index in [2.05, 4.69) is 21.2 Å². The van der Waals surface area contributed by atoms with Gasteiger partial charge in [0.1, 0.15) is 6.04 Å². The SMILES string of the molecule is C/C=C/CC(NC(=O)CCc1ccccc1Br)C(=O)O. The highest BCUT2D eigenvalue weighted by Gasteiger charge is 2.18. The van der Waals surface area contributed by atoms with Crippen LogP contribution in [0.25, 0.3) is 0 Å². The zero-order valence-electron chi connectivity index (χ0n) is 11.3. The highest BCUT2D eigenvalue weighted by molar-refractivity contribution is 9.10. The van der Waals surface area contributed by atoms with Crippen molar-refractivity contribution in [2.45, 2.75) is 32.2 Å². The van der Waals surface area contributed by atoms with E-state index in [1.54, 1.807) is 12.2 Å². The number of nitrogens with one attached hydrogen (secondary N) is 1. The first-order chi connectivity index (χ1) is 9.54. The minimum Gasteiger partial charge on any atom is -0.480 e. The zero-order valence-corrected chi connectivity index (χ0v) is 12.9. The van der Waals surface area contributed by atoms with Gasteiger partial charge in [-0.2, -0.15) is 0 Å². The van der Waals surface area contributed by atoms with Crippen molar-refractivity contribution < 1.29 is 14.7 Å². The van der Waals surface area contributed by atoms with Crippen LogP contribution in [0, 0.1) is 0 Å². The maximum atomic E-state index is 11.8. The van der Waals surface area contributed by atoms with Crippen molar-refractivity contribution in [1.82, 2.24) is 5.32 Å². The Kier molecular flexibility index (Phi) is 7.01. The molecule has 1 unspecified atom stereocenters. The van der Waals surface area contributed by atoms with E-state index in [0.29, 0.717) is 12.8 Å². The van der Waals surface area contributed by atoms with Gasteiger partial charge in [-0.3, -0.25) is 4.79 Å². The number of amides is 1. The van der Waals surface area contributed by atoms with Gasteiger partial charge in [0.15, 0.2) is 0 Å². The summed E-state index contributed by atoms with van der Waals surface area (Å²) in [5.74, 6) is -1.27. The quantitative estimate of drug-likeness (QED) is 0.750. The van der Waals surface area contributed by atoms with Gasteiger partial charge in [0.2, 0.25) is 5.91 Å². The molecule has 0 spiro atoms. The molecule has 108 valence electrons. The van der Waals surface area contributed by atoms with E-state index < -0.39 is 12.0 Å². The van der Waals surface area contributed by atoms with Crippen molar-refractivity contribution in [2.75, 3.05) is 0 Å². The highest BCUT2D eigenvalue weighted by Crippen LogP contribution is 2.17. The van der Waals surface area contributed by atoms with E-state index >= 15 is 0 Å². The average Bonchev–Trinajstić information content (AvgIpc) is 2.42. The molecule has 0 aromatic heterocycles. The van der Waals surface area contributed by atoms with Crippen LogP contribution in [0.4, 0.5) is 0 Å². The van der Waals surface area contributed by atoms with E-state index in [4.69, 9.17) is 5.11 Å². The predicted molar refractivity (Wildman–Crippen MR) is 81.5 cm³/mol. The lowest BCUT2D eigenvalue weighted by atomic mass is 10.1. The Bertz CT molecular complexity index is 500. The second-order valence-corrected chi connectivity index (χ2v) is 5.21. The first kappa shape index (κ1) is 16.4.